The van der Waals surface area contributed by atoms with Gasteiger partial charge in [0.25, 0.3) is 0 Å². The molecule has 14 heavy (non-hydrogen) atoms. The lowest BCUT2D eigenvalue weighted by Crippen LogP contribution is -1.94. The van der Waals surface area contributed by atoms with Gasteiger partial charge in [0.15, 0.2) is 0 Å². The number of phenolic OH excluding ortho intramolecular Hbond substituents is 1. The Hall–Kier alpha value is -0.730. The molecule has 1 aliphatic rings. The highest BCUT2D eigenvalue weighted by atomic mass is 35.5. The summed E-state index contributed by atoms with van der Waals surface area (Å²) in [6.07, 6.45) is 3.08. The van der Waals surface area contributed by atoms with Crippen molar-refractivity contribution in [2.75, 3.05) is 6.61 Å². The maximum absolute atomic E-state index is 8.70. The monoisotopic (exact) mass is 214 g/mol. The zero-order valence-electron chi connectivity index (χ0n) is 8.24. The Morgan fingerprint density at radius 3 is 2.29 bits per heavy atom. The molecule has 0 amide bonds. The molecule has 0 radical (unpaired) electrons. The fourth-order valence-corrected chi connectivity index (χ4v) is 1.31. The lowest BCUT2D eigenvalue weighted by molar-refractivity contribution is 0.125. The molecule has 2 rings (SSSR count). The number of aromatic hydroxyl groups is 1. The predicted molar refractivity (Wildman–Crippen MR) is 57.8 cm³/mol. The normalized spacial score (nSPS) is 20.0. The Morgan fingerprint density at radius 1 is 1.36 bits per heavy atom. The molecule has 1 atom stereocenters. The number of rotatable bonds is 0. The van der Waals surface area contributed by atoms with Crippen molar-refractivity contribution < 1.29 is 9.84 Å². The van der Waals surface area contributed by atoms with Gasteiger partial charge in [-0.2, -0.15) is 0 Å². The van der Waals surface area contributed by atoms with Gasteiger partial charge in [-0.05, 0) is 44.0 Å². The van der Waals surface area contributed by atoms with Crippen molar-refractivity contribution in [3.05, 3.63) is 29.3 Å². The van der Waals surface area contributed by atoms with Crippen molar-refractivity contribution in [3.8, 4) is 5.75 Å². The number of phenols is 1. The second-order valence-corrected chi connectivity index (χ2v) is 3.74. The summed E-state index contributed by atoms with van der Waals surface area (Å²) in [4.78, 5) is 0. The second kappa shape index (κ2) is 5.89. The highest BCUT2D eigenvalue weighted by Crippen LogP contribution is 2.12. The van der Waals surface area contributed by atoms with E-state index in [1.165, 1.54) is 12.8 Å². The van der Waals surface area contributed by atoms with E-state index < -0.39 is 0 Å². The average molecular weight is 215 g/mol. The minimum absolute atomic E-state index is 0.245. The van der Waals surface area contributed by atoms with E-state index in [2.05, 4.69) is 6.92 Å². The van der Waals surface area contributed by atoms with Crippen LogP contribution in [0.3, 0.4) is 0 Å². The molecule has 2 nitrogen and oxygen atoms in total. The van der Waals surface area contributed by atoms with Crippen LogP contribution >= 0.6 is 11.6 Å². The quantitative estimate of drug-likeness (QED) is 0.719. The first kappa shape index (κ1) is 11.3. The van der Waals surface area contributed by atoms with Crippen LogP contribution < -0.4 is 0 Å². The summed E-state index contributed by atoms with van der Waals surface area (Å²) in [5.41, 5.74) is 0. The number of hydrogen-bond acceptors (Lipinski definition) is 2. The van der Waals surface area contributed by atoms with Gasteiger partial charge in [-0.1, -0.05) is 11.6 Å². The van der Waals surface area contributed by atoms with Crippen LogP contribution in [0, 0.1) is 0 Å². The number of benzene rings is 1. The predicted octanol–water partition coefficient (Wildman–Crippen LogP) is 3.23. The maximum atomic E-state index is 8.70. The van der Waals surface area contributed by atoms with Crippen LogP contribution in [0.4, 0.5) is 0 Å². The fraction of sp³-hybridized carbons (Fsp3) is 0.455. The molecule has 1 unspecified atom stereocenters. The van der Waals surface area contributed by atoms with Gasteiger partial charge in [-0.25, -0.2) is 0 Å². The van der Waals surface area contributed by atoms with Crippen molar-refractivity contribution in [2.24, 2.45) is 0 Å². The Balaban J connectivity index is 0.000000146. The molecule has 0 bridgehead atoms. The SMILES string of the molecule is CC1CCCO1.Oc1ccc(Cl)cc1. The lowest BCUT2D eigenvalue weighted by Gasteiger charge is -1.94. The van der Waals surface area contributed by atoms with E-state index in [1.54, 1.807) is 24.3 Å². The first-order valence-corrected chi connectivity index (χ1v) is 5.12. The summed E-state index contributed by atoms with van der Waals surface area (Å²) < 4.78 is 5.15. The smallest absolute Gasteiger partial charge is 0.115 e. The van der Waals surface area contributed by atoms with Crippen molar-refractivity contribution >= 4 is 11.6 Å². The van der Waals surface area contributed by atoms with Crippen LogP contribution in [0.2, 0.25) is 5.02 Å². The first-order chi connectivity index (χ1) is 6.68. The third-order valence-electron chi connectivity index (χ3n) is 1.98. The number of halogens is 1. The topological polar surface area (TPSA) is 29.5 Å². The molecule has 1 aromatic rings. The van der Waals surface area contributed by atoms with Gasteiger partial charge >= 0.3 is 0 Å². The summed E-state index contributed by atoms with van der Waals surface area (Å²) >= 11 is 5.50. The average Bonchev–Trinajstić information content (AvgIpc) is 2.63. The van der Waals surface area contributed by atoms with Crippen LogP contribution in [0.1, 0.15) is 19.8 Å². The van der Waals surface area contributed by atoms with Gasteiger partial charge in [0.05, 0.1) is 6.10 Å². The molecule has 78 valence electrons. The largest absolute Gasteiger partial charge is 0.508 e. The minimum atomic E-state index is 0.245. The van der Waals surface area contributed by atoms with Crippen molar-refractivity contribution in [1.29, 1.82) is 0 Å². The third-order valence-corrected chi connectivity index (χ3v) is 2.24. The Bertz CT molecular complexity index is 231. The molecule has 0 saturated carbocycles. The molecule has 3 heteroatoms. The van der Waals surface area contributed by atoms with Crippen molar-refractivity contribution in [1.82, 2.24) is 0 Å². The van der Waals surface area contributed by atoms with Gasteiger partial charge in [-0.15, -0.1) is 0 Å². The van der Waals surface area contributed by atoms with Crippen LogP contribution in [0.25, 0.3) is 0 Å². The van der Waals surface area contributed by atoms with Crippen LogP contribution in [0.15, 0.2) is 24.3 Å². The molecule has 0 aliphatic carbocycles. The fourth-order valence-electron chi connectivity index (χ4n) is 1.18. The van der Waals surface area contributed by atoms with E-state index in [1.807, 2.05) is 0 Å². The van der Waals surface area contributed by atoms with Gasteiger partial charge < -0.3 is 9.84 Å². The zero-order valence-corrected chi connectivity index (χ0v) is 9.00. The molecule has 1 N–H and O–H groups in total. The van der Waals surface area contributed by atoms with E-state index in [0.29, 0.717) is 11.1 Å². The molecule has 1 aliphatic heterocycles. The molecule has 1 saturated heterocycles. The molecule has 1 aromatic carbocycles. The van der Waals surface area contributed by atoms with Crippen LogP contribution in [0.5, 0.6) is 5.75 Å². The maximum Gasteiger partial charge on any atom is 0.115 e. The molecular weight excluding hydrogens is 200 g/mol. The lowest BCUT2D eigenvalue weighted by atomic mass is 10.3. The zero-order chi connectivity index (χ0) is 10.4. The molecule has 0 aromatic heterocycles. The van der Waals surface area contributed by atoms with Gasteiger partial charge in [0.1, 0.15) is 5.75 Å². The van der Waals surface area contributed by atoms with Crippen LogP contribution in [-0.2, 0) is 4.74 Å². The van der Waals surface area contributed by atoms with Gasteiger partial charge in [0.2, 0.25) is 0 Å². The number of ether oxygens (including phenoxy) is 1. The van der Waals surface area contributed by atoms with Crippen molar-refractivity contribution in [2.45, 2.75) is 25.9 Å². The first-order valence-electron chi connectivity index (χ1n) is 4.74. The summed E-state index contributed by atoms with van der Waals surface area (Å²) in [7, 11) is 0. The van der Waals surface area contributed by atoms with E-state index in [-0.39, 0.29) is 5.75 Å². The minimum Gasteiger partial charge on any atom is -0.508 e. The standard InChI is InChI=1S/C6H5ClO.C5H10O/c7-5-1-3-6(8)4-2-5;1-5-3-2-4-6-5/h1-4,8H;5H,2-4H2,1H3. The number of hydrogen-bond donors (Lipinski definition) is 1. The molecule has 0 spiro atoms. The Morgan fingerprint density at radius 2 is 2.00 bits per heavy atom. The van der Waals surface area contributed by atoms with Gasteiger partial charge in [-0.3, -0.25) is 0 Å². The Labute approximate surface area is 89.5 Å². The Kier molecular flexibility index (Phi) is 4.77. The summed E-state index contributed by atoms with van der Waals surface area (Å²) in [6, 6.07) is 6.36. The van der Waals surface area contributed by atoms with Gasteiger partial charge in [0, 0.05) is 11.6 Å². The summed E-state index contributed by atoms with van der Waals surface area (Å²) in [6.45, 7) is 3.11. The van der Waals surface area contributed by atoms with E-state index >= 15 is 0 Å². The summed E-state index contributed by atoms with van der Waals surface area (Å²) in [5, 5.41) is 9.34. The highest BCUT2D eigenvalue weighted by Gasteiger charge is 2.07. The van der Waals surface area contributed by atoms with E-state index in [0.717, 1.165) is 6.61 Å². The van der Waals surface area contributed by atoms with Crippen molar-refractivity contribution in [3.63, 3.8) is 0 Å². The van der Waals surface area contributed by atoms with E-state index in [4.69, 9.17) is 21.4 Å². The summed E-state index contributed by atoms with van der Waals surface area (Å²) in [5.74, 6) is 0.245. The van der Waals surface area contributed by atoms with E-state index in [9.17, 15) is 0 Å². The second-order valence-electron chi connectivity index (χ2n) is 3.30. The third kappa shape index (κ3) is 4.49. The molecule has 1 fully saturated rings. The molecule has 1 heterocycles. The highest BCUT2D eigenvalue weighted by molar-refractivity contribution is 6.30. The van der Waals surface area contributed by atoms with Crippen LogP contribution in [-0.4, -0.2) is 17.8 Å². The molecular formula is C11H15ClO2.